The smallest absolute Gasteiger partial charge is 0.211 e. The summed E-state index contributed by atoms with van der Waals surface area (Å²) in [6.07, 6.45) is 3.63. The van der Waals surface area contributed by atoms with E-state index >= 15 is 0 Å². The molecule has 0 bridgehead atoms. The zero-order valence-electron chi connectivity index (χ0n) is 14.3. The van der Waals surface area contributed by atoms with Crippen LogP contribution in [0.25, 0.3) is 0 Å². The van der Waals surface area contributed by atoms with Crippen molar-refractivity contribution in [3.05, 3.63) is 69.0 Å². The van der Waals surface area contributed by atoms with Crippen molar-refractivity contribution < 1.29 is 0 Å². The highest BCUT2D eigenvalue weighted by Crippen LogP contribution is 2.26. The maximum Gasteiger partial charge on any atom is 0.211 e. The number of anilines is 2. The van der Waals surface area contributed by atoms with Crippen molar-refractivity contribution in [3.63, 3.8) is 0 Å². The fourth-order valence-corrected chi connectivity index (χ4v) is 3.78. The standard InChI is InChI=1S/C17H15Cl2N7S/c1-11-5-7-20-26(11)10-16-22-23-17(27-16)21-15-6-8-25(24-15)9-12-13(18)3-2-4-14(12)19/h2-8H,9-10H2,1H3,(H,21,23,24). The van der Waals surface area contributed by atoms with Gasteiger partial charge in [-0.3, -0.25) is 9.36 Å². The SMILES string of the molecule is Cc1ccnn1Cc1nnc(Nc2ccn(Cc3c(Cl)cccc3Cl)n2)s1. The van der Waals surface area contributed by atoms with Crippen LogP contribution < -0.4 is 5.32 Å². The Morgan fingerprint density at radius 1 is 1.07 bits per heavy atom. The maximum absolute atomic E-state index is 6.22. The molecule has 0 fully saturated rings. The van der Waals surface area contributed by atoms with Crippen LogP contribution in [0.15, 0.2) is 42.7 Å². The minimum atomic E-state index is 0.486. The van der Waals surface area contributed by atoms with E-state index in [9.17, 15) is 0 Å². The lowest BCUT2D eigenvalue weighted by molar-refractivity contribution is 0.657. The molecule has 0 unspecified atom stereocenters. The number of nitrogens with zero attached hydrogens (tertiary/aromatic N) is 6. The molecule has 0 saturated carbocycles. The van der Waals surface area contributed by atoms with Crippen LogP contribution in [0.4, 0.5) is 10.9 Å². The van der Waals surface area contributed by atoms with Crippen LogP contribution >= 0.6 is 34.5 Å². The average molecular weight is 420 g/mol. The Morgan fingerprint density at radius 2 is 1.89 bits per heavy atom. The van der Waals surface area contributed by atoms with Crippen LogP contribution in [0.5, 0.6) is 0 Å². The fourth-order valence-electron chi connectivity index (χ4n) is 2.53. The van der Waals surface area contributed by atoms with Gasteiger partial charge >= 0.3 is 0 Å². The normalized spacial score (nSPS) is 11.1. The van der Waals surface area contributed by atoms with Crippen LogP contribution in [0, 0.1) is 6.92 Å². The van der Waals surface area contributed by atoms with Crippen LogP contribution in [0.3, 0.4) is 0 Å². The summed E-state index contributed by atoms with van der Waals surface area (Å²) in [5.74, 6) is 0.677. The molecule has 3 heterocycles. The molecule has 0 saturated heterocycles. The first-order valence-corrected chi connectivity index (χ1v) is 9.70. The predicted octanol–water partition coefficient (Wildman–Crippen LogP) is 4.39. The number of halogens is 2. The third-order valence-electron chi connectivity index (χ3n) is 3.94. The summed E-state index contributed by atoms with van der Waals surface area (Å²) < 4.78 is 3.65. The number of aromatic nitrogens is 6. The Kier molecular flexibility index (Phi) is 5.11. The van der Waals surface area contributed by atoms with Crippen molar-refractivity contribution >= 4 is 45.5 Å². The highest BCUT2D eigenvalue weighted by Gasteiger charge is 2.10. The van der Waals surface area contributed by atoms with Gasteiger partial charge in [-0.05, 0) is 25.1 Å². The molecule has 7 nitrogen and oxygen atoms in total. The topological polar surface area (TPSA) is 73.5 Å². The Labute approximate surface area is 169 Å². The Hall–Kier alpha value is -2.42. The van der Waals surface area contributed by atoms with Gasteiger partial charge in [-0.2, -0.15) is 10.2 Å². The number of hydrogen-bond acceptors (Lipinski definition) is 6. The third kappa shape index (κ3) is 4.13. The summed E-state index contributed by atoms with van der Waals surface area (Å²) in [5.41, 5.74) is 1.92. The lowest BCUT2D eigenvalue weighted by Gasteiger charge is -2.06. The molecule has 0 atom stereocenters. The molecule has 0 spiro atoms. The number of nitrogens with one attached hydrogen (secondary N) is 1. The number of hydrogen-bond donors (Lipinski definition) is 1. The predicted molar refractivity (Wildman–Crippen MR) is 107 cm³/mol. The molecular weight excluding hydrogens is 405 g/mol. The first-order chi connectivity index (χ1) is 13.1. The van der Waals surface area contributed by atoms with Gasteiger partial charge in [-0.25, -0.2) is 0 Å². The maximum atomic E-state index is 6.22. The number of benzene rings is 1. The van der Waals surface area contributed by atoms with Crippen LogP contribution in [0.2, 0.25) is 10.0 Å². The Balaban J connectivity index is 1.43. The van der Waals surface area contributed by atoms with Gasteiger partial charge in [-0.15, -0.1) is 10.2 Å². The van der Waals surface area contributed by atoms with E-state index in [-0.39, 0.29) is 0 Å². The van der Waals surface area contributed by atoms with Crippen molar-refractivity contribution in [1.82, 2.24) is 29.8 Å². The van der Waals surface area contributed by atoms with E-state index in [1.54, 1.807) is 10.9 Å². The molecule has 0 radical (unpaired) electrons. The lowest BCUT2D eigenvalue weighted by Crippen LogP contribution is -2.02. The summed E-state index contributed by atoms with van der Waals surface area (Å²) in [4.78, 5) is 0. The van der Waals surface area contributed by atoms with Gasteiger partial charge in [0.15, 0.2) is 5.82 Å². The van der Waals surface area contributed by atoms with Crippen LogP contribution in [-0.4, -0.2) is 29.8 Å². The third-order valence-corrected chi connectivity index (χ3v) is 5.47. The molecule has 1 N–H and O–H groups in total. The Morgan fingerprint density at radius 3 is 2.63 bits per heavy atom. The van der Waals surface area contributed by atoms with E-state index in [0.717, 1.165) is 16.3 Å². The van der Waals surface area contributed by atoms with E-state index in [0.29, 0.717) is 34.1 Å². The van der Waals surface area contributed by atoms with Gasteiger partial charge in [0.25, 0.3) is 0 Å². The minimum Gasteiger partial charge on any atom is -0.313 e. The largest absolute Gasteiger partial charge is 0.313 e. The van der Waals surface area contributed by atoms with Crippen molar-refractivity contribution in [2.24, 2.45) is 0 Å². The average Bonchev–Trinajstić information content (AvgIpc) is 3.36. The highest BCUT2D eigenvalue weighted by molar-refractivity contribution is 7.15. The van der Waals surface area contributed by atoms with Gasteiger partial charge in [0.2, 0.25) is 5.13 Å². The van der Waals surface area contributed by atoms with E-state index in [1.807, 2.05) is 48.1 Å². The monoisotopic (exact) mass is 419 g/mol. The molecule has 0 aliphatic carbocycles. The van der Waals surface area contributed by atoms with Crippen molar-refractivity contribution in [3.8, 4) is 0 Å². The van der Waals surface area contributed by atoms with Gasteiger partial charge in [0.1, 0.15) is 5.01 Å². The first kappa shape index (κ1) is 18.0. The molecule has 0 amide bonds. The molecule has 0 aliphatic heterocycles. The number of rotatable bonds is 6. The zero-order valence-corrected chi connectivity index (χ0v) is 16.6. The molecule has 4 aromatic rings. The van der Waals surface area contributed by atoms with E-state index < -0.39 is 0 Å². The van der Waals surface area contributed by atoms with E-state index in [1.165, 1.54) is 11.3 Å². The minimum absolute atomic E-state index is 0.486. The second kappa shape index (κ2) is 7.67. The Bertz CT molecular complexity index is 1050. The molecule has 3 aromatic heterocycles. The summed E-state index contributed by atoms with van der Waals surface area (Å²) in [6.45, 7) is 3.09. The molecule has 138 valence electrons. The van der Waals surface area contributed by atoms with Gasteiger partial charge in [0, 0.05) is 39.8 Å². The summed E-state index contributed by atoms with van der Waals surface area (Å²) in [7, 11) is 0. The molecule has 0 aliphatic rings. The zero-order chi connectivity index (χ0) is 18.8. The quantitative estimate of drug-likeness (QED) is 0.501. The van der Waals surface area contributed by atoms with Crippen LogP contribution in [0.1, 0.15) is 16.3 Å². The van der Waals surface area contributed by atoms with Gasteiger partial charge in [0.05, 0.1) is 13.1 Å². The van der Waals surface area contributed by atoms with Gasteiger partial charge < -0.3 is 5.32 Å². The molecule has 27 heavy (non-hydrogen) atoms. The number of aryl methyl sites for hydroxylation is 1. The molecule has 4 rings (SSSR count). The molecule has 10 heteroatoms. The summed E-state index contributed by atoms with van der Waals surface area (Å²) in [5, 5.41) is 23.1. The molecule has 1 aromatic carbocycles. The summed E-state index contributed by atoms with van der Waals surface area (Å²) >= 11 is 13.9. The summed E-state index contributed by atoms with van der Waals surface area (Å²) in [6, 6.07) is 9.27. The highest BCUT2D eigenvalue weighted by atomic mass is 35.5. The van der Waals surface area contributed by atoms with Crippen LogP contribution in [-0.2, 0) is 13.1 Å². The van der Waals surface area contributed by atoms with Crippen molar-refractivity contribution in [1.29, 1.82) is 0 Å². The van der Waals surface area contributed by atoms with E-state index in [4.69, 9.17) is 23.2 Å². The second-order valence-electron chi connectivity index (χ2n) is 5.85. The fraction of sp³-hybridized carbons (Fsp3) is 0.176. The van der Waals surface area contributed by atoms with Crippen molar-refractivity contribution in [2.75, 3.05) is 5.32 Å². The lowest BCUT2D eigenvalue weighted by atomic mass is 10.2. The first-order valence-electron chi connectivity index (χ1n) is 8.12. The van der Waals surface area contributed by atoms with E-state index in [2.05, 4.69) is 25.7 Å². The second-order valence-corrected chi connectivity index (χ2v) is 7.73. The van der Waals surface area contributed by atoms with Crippen molar-refractivity contribution in [2.45, 2.75) is 20.0 Å². The van der Waals surface area contributed by atoms with Gasteiger partial charge in [-0.1, -0.05) is 40.6 Å². The molecular formula is C17H15Cl2N7S.